The maximum absolute atomic E-state index is 12.6. The molecule has 3 rings (SSSR count). The Morgan fingerprint density at radius 1 is 1.19 bits per heavy atom. The highest BCUT2D eigenvalue weighted by Gasteiger charge is 2.23. The normalized spacial score (nSPS) is 16.0. The van der Waals surface area contributed by atoms with Gasteiger partial charge in [0.25, 0.3) is 0 Å². The van der Waals surface area contributed by atoms with Gasteiger partial charge in [-0.25, -0.2) is 8.42 Å². The number of carbonyl (C=O) groups excluding carboxylic acids is 1. The van der Waals surface area contributed by atoms with Crippen molar-refractivity contribution in [2.75, 3.05) is 13.1 Å². The van der Waals surface area contributed by atoms with Gasteiger partial charge in [0.15, 0.2) is 9.84 Å². The molecule has 0 N–H and O–H groups in total. The molecule has 7 heteroatoms. The van der Waals surface area contributed by atoms with Crippen LogP contribution in [0.3, 0.4) is 0 Å². The molecule has 6 nitrogen and oxygen atoms in total. The average molecular weight is 390 g/mol. The fourth-order valence-corrected chi connectivity index (χ4v) is 4.45. The Kier molecular flexibility index (Phi) is 5.99. The van der Waals surface area contributed by atoms with Crippen LogP contribution < -0.4 is 0 Å². The predicted molar refractivity (Wildman–Crippen MR) is 104 cm³/mol. The topological polar surface area (TPSA) is 72.3 Å². The lowest BCUT2D eigenvalue weighted by Gasteiger charge is -2.32. The molecule has 0 aliphatic carbocycles. The number of hydrogen-bond acceptors (Lipinski definition) is 4. The standard InChI is InChI=1S/C20H27N3O3S/c1-16(2)27(25,26)19-6-4-17(5-7-19)14-20(24)22-12-8-18(9-13-22)15-23-11-3-10-21-23/h3-7,10-11,16,18H,8-9,12-15H2,1-2H3. The molecule has 0 bridgehead atoms. The first-order valence-corrected chi connectivity index (χ1v) is 11.0. The van der Waals surface area contributed by atoms with Crippen molar-refractivity contribution in [1.29, 1.82) is 0 Å². The quantitative estimate of drug-likeness (QED) is 0.761. The van der Waals surface area contributed by atoms with Gasteiger partial charge in [-0.15, -0.1) is 0 Å². The van der Waals surface area contributed by atoms with E-state index in [0.29, 0.717) is 17.2 Å². The Hall–Kier alpha value is -2.15. The first-order valence-electron chi connectivity index (χ1n) is 9.44. The number of likely N-dealkylation sites (tertiary alicyclic amines) is 1. The second-order valence-corrected chi connectivity index (χ2v) is 9.97. The van der Waals surface area contributed by atoms with Gasteiger partial charge in [-0.1, -0.05) is 12.1 Å². The largest absolute Gasteiger partial charge is 0.342 e. The van der Waals surface area contributed by atoms with Crippen molar-refractivity contribution in [2.45, 2.75) is 49.8 Å². The third-order valence-corrected chi connectivity index (χ3v) is 7.37. The zero-order chi connectivity index (χ0) is 19.4. The molecule has 1 aliphatic heterocycles. The van der Waals surface area contributed by atoms with E-state index in [2.05, 4.69) is 5.10 Å². The Balaban J connectivity index is 1.52. The lowest BCUT2D eigenvalue weighted by Crippen LogP contribution is -2.40. The van der Waals surface area contributed by atoms with E-state index in [1.54, 1.807) is 44.3 Å². The molecule has 1 aromatic carbocycles. The average Bonchev–Trinajstić information content (AvgIpc) is 3.15. The van der Waals surface area contributed by atoms with Crippen molar-refractivity contribution in [2.24, 2.45) is 5.92 Å². The van der Waals surface area contributed by atoms with E-state index < -0.39 is 15.1 Å². The predicted octanol–water partition coefficient (Wildman–Crippen LogP) is 2.55. The highest BCUT2D eigenvalue weighted by Crippen LogP contribution is 2.21. The van der Waals surface area contributed by atoms with E-state index in [9.17, 15) is 13.2 Å². The Labute approximate surface area is 161 Å². The molecule has 1 saturated heterocycles. The van der Waals surface area contributed by atoms with Crippen LogP contribution in [-0.4, -0.2) is 47.3 Å². The third kappa shape index (κ3) is 4.77. The summed E-state index contributed by atoms with van der Waals surface area (Å²) < 4.78 is 26.3. The minimum atomic E-state index is -3.27. The number of benzene rings is 1. The van der Waals surface area contributed by atoms with Crippen LogP contribution in [0.1, 0.15) is 32.3 Å². The number of nitrogens with zero attached hydrogens (tertiary/aromatic N) is 3. The van der Waals surface area contributed by atoms with Crippen LogP contribution >= 0.6 is 0 Å². The summed E-state index contributed by atoms with van der Waals surface area (Å²) in [5.74, 6) is 0.654. The zero-order valence-corrected chi connectivity index (χ0v) is 16.7. The molecule has 2 heterocycles. The number of rotatable bonds is 6. The van der Waals surface area contributed by atoms with Crippen LogP contribution in [0.5, 0.6) is 0 Å². The summed E-state index contributed by atoms with van der Waals surface area (Å²) >= 11 is 0. The van der Waals surface area contributed by atoms with Gasteiger partial charge in [-0.2, -0.15) is 5.10 Å². The molecule has 0 radical (unpaired) electrons. The highest BCUT2D eigenvalue weighted by atomic mass is 32.2. The molecule has 0 spiro atoms. The van der Waals surface area contributed by atoms with E-state index in [1.807, 2.05) is 21.8 Å². The smallest absolute Gasteiger partial charge is 0.226 e. The second kappa shape index (κ2) is 8.25. The summed E-state index contributed by atoms with van der Waals surface area (Å²) in [6.07, 6.45) is 6.04. The van der Waals surface area contributed by atoms with Crippen LogP contribution in [0, 0.1) is 5.92 Å². The highest BCUT2D eigenvalue weighted by molar-refractivity contribution is 7.92. The van der Waals surface area contributed by atoms with E-state index in [1.165, 1.54) is 0 Å². The first-order chi connectivity index (χ1) is 12.9. The summed E-state index contributed by atoms with van der Waals surface area (Å²) in [7, 11) is -3.27. The lowest BCUT2D eigenvalue weighted by atomic mass is 9.96. The number of aromatic nitrogens is 2. The maximum atomic E-state index is 12.6. The van der Waals surface area contributed by atoms with Crippen LogP contribution in [-0.2, 0) is 27.6 Å². The lowest BCUT2D eigenvalue weighted by molar-refractivity contribution is -0.131. The molecule has 1 fully saturated rings. The number of sulfone groups is 1. The monoisotopic (exact) mass is 389 g/mol. The summed E-state index contributed by atoms with van der Waals surface area (Å²) in [6, 6.07) is 8.63. The van der Waals surface area contributed by atoms with Crippen molar-refractivity contribution < 1.29 is 13.2 Å². The van der Waals surface area contributed by atoms with Crippen molar-refractivity contribution >= 4 is 15.7 Å². The van der Waals surface area contributed by atoms with E-state index in [-0.39, 0.29) is 5.91 Å². The Morgan fingerprint density at radius 2 is 1.85 bits per heavy atom. The van der Waals surface area contributed by atoms with Gasteiger partial charge in [-0.05, 0) is 56.4 Å². The van der Waals surface area contributed by atoms with Crippen LogP contribution in [0.15, 0.2) is 47.6 Å². The minimum Gasteiger partial charge on any atom is -0.342 e. The third-order valence-electron chi connectivity index (χ3n) is 5.20. The molecule has 1 aromatic heterocycles. The van der Waals surface area contributed by atoms with Crippen molar-refractivity contribution in [3.8, 4) is 0 Å². The van der Waals surface area contributed by atoms with Gasteiger partial charge >= 0.3 is 0 Å². The Bertz CT molecular complexity index is 850. The van der Waals surface area contributed by atoms with Crippen molar-refractivity contribution in [1.82, 2.24) is 14.7 Å². The molecule has 0 saturated carbocycles. The molecule has 146 valence electrons. The van der Waals surface area contributed by atoms with E-state index in [4.69, 9.17) is 0 Å². The van der Waals surface area contributed by atoms with Gasteiger partial charge < -0.3 is 4.90 Å². The molecule has 27 heavy (non-hydrogen) atoms. The first kappa shape index (κ1) is 19.6. The van der Waals surface area contributed by atoms with Crippen molar-refractivity contribution in [3.05, 3.63) is 48.3 Å². The SMILES string of the molecule is CC(C)S(=O)(=O)c1ccc(CC(=O)N2CCC(Cn3cccn3)CC2)cc1. The van der Waals surface area contributed by atoms with Gasteiger partial charge in [0, 0.05) is 32.0 Å². The number of hydrogen-bond donors (Lipinski definition) is 0. The fraction of sp³-hybridized carbons (Fsp3) is 0.500. The molecular weight excluding hydrogens is 362 g/mol. The maximum Gasteiger partial charge on any atom is 0.226 e. The van der Waals surface area contributed by atoms with Gasteiger partial charge in [0.2, 0.25) is 5.91 Å². The molecule has 0 unspecified atom stereocenters. The van der Waals surface area contributed by atoms with Crippen LogP contribution in [0.4, 0.5) is 0 Å². The summed E-state index contributed by atoms with van der Waals surface area (Å²) in [6.45, 7) is 5.78. The second-order valence-electron chi connectivity index (χ2n) is 7.47. The van der Waals surface area contributed by atoms with Gasteiger partial charge in [0.1, 0.15) is 0 Å². The van der Waals surface area contributed by atoms with E-state index >= 15 is 0 Å². The molecular formula is C20H27N3O3S. The number of amides is 1. The number of piperidine rings is 1. The Morgan fingerprint density at radius 3 is 2.41 bits per heavy atom. The van der Waals surface area contributed by atoms with Gasteiger partial charge in [-0.3, -0.25) is 9.48 Å². The van der Waals surface area contributed by atoms with Crippen molar-refractivity contribution in [3.63, 3.8) is 0 Å². The fourth-order valence-electron chi connectivity index (χ4n) is 3.39. The molecule has 0 atom stereocenters. The summed E-state index contributed by atoms with van der Waals surface area (Å²) in [5, 5.41) is 3.80. The van der Waals surface area contributed by atoms with E-state index in [0.717, 1.165) is 38.0 Å². The summed E-state index contributed by atoms with van der Waals surface area (Å²) in [5.41, 5.74) is 0.848. The number of carbonyl (C=O) groups is 1. The zero-order valence-electron chi connectivity index (χ0n) is 15.9. The molecule has 1 aliphatic rings. The molecule has 1 amide bonds. The summed E-state index contributed by atoms with van der Waals surface area (Å²) in [4.78, 5) is 14.8. The van der Waals surface area contributed by atoms with Gasteiger partial charge in [0.05, 0.1) is 16.6 Å². The van der Waals surface area contributed by atoms with Crippen LogP contribution in [0.2, 0.25) is 0 Å². The molecule has 2 aromatic rings. The van der Waals surface area contributed by atoms with Crippen LogP contribution in [0.25, 0.3) is 0 Å². The minimum absolute atomic E-state index is 0.104.